The highest BCUT2D eigenvalue weighted by Gasteiger charge is 2.20. The van der Waals surface area contributed by atoms with E-state index < -0.39 is 0 Å². The number of aromatic amines is 1. The number of fused-ring (bicyclic) bond motifs is 1. The topological polar surface area (TPSA) is 64.3 Å². The van der Waals surface area contributed by atoms with Gasteiger partial charge in [-0.15, -0.1) is 0 Å². The van der Waals surface area contributed by atoms with E-state index in [0.29, 0.717) is 0 Å². The van der Waals surface area contributed by atoms with E-state index in [1.54, 1.807) is 12.3 Å². The number of pyridine rings is 1. The summed E-state index contributed by atoms with van der Waals surface area (Å²) in [6.07, 6.45) is 7.07. The molecule has 1 amide bonds. The molecule has 6 nitrogen and oxygen atoms in total. The summed E-state index contributed by atoms with van der Waals surface area (Å²) in [5.74, 6) is -0.0915. The highest BCUT2D eigenvalue weighted by molar-refractivity contribution is 5.95. The van der Waals surface area contributed by atoms with Crippen LogP contribution in [0.2, 0.25) is 0 Å². The largest absolute Gasteiger partial charge is 0.346 e. The van der Waals surface area contributed by atoms with Gasteiger partial charge in [0.2, 0.25) is 5.91 Å². The van der Waals surface area contributed by atoms with Crippen LogP contribution in [-0.4, -0.2) is 65.4 Å². The SMILES string of the molecule is CN1CCN(C[C@@H](NC(=O)/C=C/c2c[nH]c3ncccc23)c2ccccc2)CC1. The third kappa shape index (κ3) is 4.91. The lowest BCUT2D eigenvalue weighted by Crippen LogP contribution is -2.47. The smallest absolute Gasteiger partial charge is 0.244 e. The average molecular weight is 390 g/mol. The summed E-state index contributed by atoms with van der Waals surface area (Å²) in [5, 5.41) is 4.20. The second-order valence-electron chi connectivity index (χ2n) is 7.55. The summed E-state index contributed by atoms with van der Waals surface area (Å²) in [7, 11) is 2.15. The van der Waals surface area contributed by atoms with E-state index in [4.69, 9.17) is 0 Å². The Bertz CT molecular complexity index is 973. The monoisotopic (exact) mass is 389 g/mol. The van der Waals surface area contributed by atoms with Gasteiger partial charge in [0.25, 0.3) is 0 Å². The minimum atomic E-state index is -0.0915. The number of H-pyrrole nitrogens is 1. The second-order valence-corrected chi connectivity index (χ2v) is 7.55. The molecule has 3 heterocycles. The van der Waals surface area contributed by atoms with Crippen molar-refractivity contribution in [3.8, 4) is 0 Å². The summed E-state index contributed by atoms with van der Waals surface area (Å²) in [5.41, 5.74) is 2.91. The first-order valence-corrected chi connectivity index (χ1v) is 10.1. The maximum Gasteiger partial charge on any atom is 0.244 e. The van der Waals surface area contributed by atoms with Crippen LogP contribution in [0.4, 0.5) is 0 Å². The van der Waals surface area contributed by atoms with Crippen molar-refractivity contribution in [2.75, 3.05) is 39.8 Å². The number of piperazine rings is 1. The molecule has 6 heteroatoms. The molecule has 1 fully saturated rings. The molecule has 0 bridgehead atoms. The van der Waals surface area contributed by atoms with Gasteiger partial charge in [-0.05, 0) is 30.8 Å². The molecule has 0 saturated carbocycles. The fraction of sp³-hybridized carbons (Fsp3) is 0.304. The van der Waals surface area contributed by atoms with Crippen molar-refractivity contribution < 1.29 is 4.79 Å². The number of nitrogens with one attached hydrogen (secondary N) is 2. The normalized spacial score (nSPS) is 17.0. The van der Waals surface area contributed by atoms with Gasteiger partial charge in [-0.1, -0.05) is 30.3 Å². The zero-order valence-corrected chi connectivity index (χ0v) is 16.7. The van der Waals surface area contributed by atoms with Crippen LogP contribution < -0.4 is 5.32 Å². The molecule has 1 aliphatic rings. The highest BCUT2D eigenvalue weighted by Crippen LogP contribution is 2.18. The Balaban J connectivity index is 1.45. The Morgan fingerprint density at radius 3 is 2.76 bits per heavy atom. The lowest BCUT2D eigenvalue weighted by atomic mass is 10.1. The highest BCUT2D eigenvalue weighted by atomic mass is 16.1. The maximum absolute atomic E-state index is 12.7. The zero-order chi connectivity index (χ0) is 20.1. The first-order chi connectivity index (χ1) is 14.2. The number of rotatable bonds is 6. The number of carbonyl (C=O) groups excluding carboxylic acids is 1. The van der Waals surface area contributed by atoms with Crippen LogP contribution in [0.5, 0.6) is 0 Å². The molecule has 1 aliphatic heterocycles. The zero-order valence-electron chi connectivity index (χ0n) is 16.7. The van der Waals surface area contributed by atoms with Gasteiger partial charge >= 0.3 is 0 Å². The second kappa shape index (κ2) is 9.03. The van der Waals surface area contributed by atoms with Gasteiger partial charge in [-0.2, -0.15) is 0 Å². The van der Waals surface area contributed by atoms with Gasteiger partial charge in [0.05, 0.1) is 6.04 Å². The van der Waals surface area contributed by atoms with Gasteiger partial charge in [0.1, 0.15) is 5.65 Å². The summed E-state index contributed by atoms with van der Waals surface area (Å²) < 4.78 is 0. The number of amides is 1. The van der Waals surface area contributed by atoms with E-state index in [-0.39, 0.29) is 11.9 Å². The first-order valence-electron chi connectivity index (χ1n) is 10.1. The third-order valence-corrected chi connectivity index (χ3v) is 5.45. The van der Waals surface area contributed by atoms with E-state index in [2.05, 4.69) is 44.3 Å². The number of hydrogen-bond donors (Lipinski definition) is 2. The summed E-state index contributed by atoms with van der Waals surface area (Å²) in [6.45, 7) is 4.98. The van der Waals surface area contributed by atoms with Gasteiger partial charge < -0.3 is 15.2 Å². The molecule has 0 spiro atoms. The van der Waals surface area contributed by atoms with E-state index in [1.807, 2.05) is 42.6 Å². The van der Waals surface area contributed by atoms with Crippen molar-refractivity contribution >= 4 is 23.0 Å². The standard InChI is InChI=1S/C23H27N5O/c1-27-12-14-28(15-13-27)17-21(18-6-3-2-4-7-18)26-22(29)10-9-19-16-25-23-20(19)8-5-11-24-23/h2-11,16,21H,12-15,17H2,1H3,(H,24,25)(H,26,29)/b10-9+/t21-/m1/s1. The Hall–Kier alpha value is -2.96. The van der Waals surface area contributed by atoms with Crippen molar-refractivity contribution in [1.82, 2.24) is 25.1 Å². The number of benzene rings is 1. The summed E-state index contributed by atoms with van der Waals surface area (Å²) in [4.78, 5) is 24.9. The number of hydrogen-bond acceptors (Lipinski definition) is 4. The Morgan fingerprint density at radius 2 is 1.97 bits per heavy atom. The molecule has 0 aliphatic carbocycles. The van der Waals surface area contributed by atoms with Gasteiger partial charge in [0, 0.05) is 62.1 Å². The minimum Gasteiger partial charge on any atom is -0.346 e. The predicted molar refractivity (Wildman–Crippen MR) is 116 cm³/mol. The fourth-order valence-electron chi connectivity index (χ4n) is 3.71. The average Bonchev–Trinajstić information content (AvgIpc) is 3.17. The van der Waals surface area contributed by atoms with Crippen molar-refractivity contribution in [2.24, 2.45) is 0 Å². The van der Waals surface area contributed by atoms with Crippen LogP contribution in [0.3, 0.4) is 0 Å². The van der Waals surface area contributed by atoms with E-state index in [9.17, 15) is 4.79 Å². The molecule has 29 heavy (non-hydrogen) atoms. The molecule has 4 rings (SSSR count). The number of nitrogens with zero attached hydrogens (tertiary/aromatic N) is 3. The van der Waals surface area contributed by atoms with Crippen molar-refractivity contribution in [2.45, 2.75) is 6.04 Å². The minimum absolute atomic E-state index is 0.0404. The molecule has 0 radical (unpaired) electrons. The molecule has 2 aromatic heterocycles. The van der Waals surface area contributed by atoms with Crippen LogP contribution in [0.1, 0.15) is 17.2 Å². The van der Waals surface area contributed by atoms with Crippen LogP contribution >= 0.6 is 0 Å². The Morgan fingerprint density at radius 1 is 1.17 bits per heavy atom. The van der Waals surface area contributed by atoms with Crippen molar-refractivity contribution in [3.05, 3.63) is 72.1 Å². The van der Waals surface area contributed by atoms with Crippen LogP contribution in [0.25, 0.3) is 17.1 Å². The number of carbonyl (C=O) groups is 1. The Kier molecular flexibility index (Phi) is 6.03. The summed E-state index contributed by atoms with van der Waals surface area (Å²) in [6, 6.07) is 14.1. The van der Waals surface area contributed by atoms with Crippen molar-refractivity contribution in [3.63, 3.8) is 0 Å². The predicted octanol–water partition coefficient (Wildman–Crippen LogP) is 2.68. The lowest BCUT2D eigenvalue weighted by Gasteiger charge is -2.34. The molecule has 0 unspecified atom stereocenters. The van der Waals surface area contributed by atoms with Crippen LogP contribution in [-0.2, 0) is 4.79 Å². The Labute approximate surface area is 171 Å². The maximum atomic E-state index is 12.7. The molecule has 150 valence electrons. The first kappa shape index (κ1) is 19.4. The van der Waals surface area contributed by atoms with Crippen LogP contribution in [0, 0.1) is 0 Å². The molecule has 3 aromatic rings. The van der Waals surface area contributed by atoms with E-state index in [0.717, 1.165) is 54.9 Å². The lowest BCUT2D eigenvalue weighted by molar-refractivity contribution is -0.117. The third-order valence-electron chi connectivity index (χ3n) is 5.45. The van der Waals surface area contributed by atoms with Gasteiger partial charge in [-0.25, -0.2) is 4.98 Å². The number of likely N-dealkylation sites (N-methyl/N-ethyl adjacent to an activating group) is 1. The fourth-order valence-corrected chi connectivity index (χ4v) is 3.71. The van der Waals surface area contributed by atoms with Gasteiger partial charge in [0.15, 0.2) is 0 Å². The van der Waals surface area contributed by atoms with E-state index in [1.165, 1.54) is 0 Å². The molecular formula is C23H27N5O. The van der Waals surface area contributed by atoms with Crippen molar-refractivity contribution in [1.29, 1.82) is 0 Å². The molecule has 1 saturated heterocycles. The van der Waals surface area contributed by atoms with Crippen LogP contribution in [0.15, 0.2) is 60.9 Å². The molecular weight excluding hydrogens is 362 g/mol. The summed E-state index contributed by atoms with van der Waals surface area (Å²) >= 11 is 0. The van der Waals surface area contributed by atoms with E-state index >= 15 is 0 Å². The molecule has 1 aromatic carbocycles. The molecule has 2 N–H and O–H groups in total. The quantitative estimate of drug-likeness (QED) is 0.636. The van der Waals surface area contributed by atoms with Gasteiger partial charge in [-0.3, -0.25) is 9.69 Å². The number of aromatic nitrogens is 2. The molecule has 1 atom stereocenters.